The number of aromatic nitrogens is 2. The highest BCUT2D eigenvalue weighted by molar-refractivity contribution is 7.13. The van der Waals surface area contributed by atoms with Crippen LogP contribution in [0.15, 0.2) is 22.0 Å². The highest BCUT2D eigenvalue weighted by Crippen LogP contribution is 2.21. The lowest BCUT2D eigenvalue weighted by Gasteiger charge is -2.03. The number of thiophene rings is 1. The Bertz CT molecular complexity index is 505. The van der Waals surface area contributed by atoms with Crippen molar-refractivity contribution in [2.24, 2.45) is 5.92 Å². The summed E-state index contributed by atoms with van der Waals surface area (Å²) in [5.41, 5.74) is 0. The minimum absolute atomic E-state index is 0.000809. The summed E-state index contributed by atoms with van der Waals surface area (Å²) in [6, 6.07) is 3.86. The molecule has 0 bridgehead atoms. The molecule has 0 aliphatic carbocycles. The van der Waals surface area contributed by atoms with Crippen LogP contribution in [0.2, 0.25) is 0 Å². The van der Waals surface area contributed by atoms with E-state index in [0.717, 1.165) is 4.88 Å². The molecule has 1 N–H and O–H groups in total. The molecule has 96 valence electrons. The van der Waals surface area contributed by atoms with E-state index >= 15 is 0 Å². The molecular weight excluding hydrogens is 250 g/mol. The lowest BCUT2D eigenvalue weighted by molar-refractivity contribution is -0.122. The molecule has 2 aromatic rings. The molecule has 0 unspecified atom stereocenters. The van der Waals surface area contributed by atoms with Crippen LogP contribution in [0, 0.1) is 5.92 Å². The predicted octanol–water partition coefficient (Wildman–Crippen LogP) is 2.46. The second kappa shape index (κ2) is 5.77. The quantitative estimate of drug-likeness (QED) is 0.901. The smallest absolute Gasteiger partial charge is 0.246 e. The van der Waals surface area contributed by atoms with Crippen LogP contribution in [0.25, 0.3) is 10.7 Å². The van der Waals surface area contributed by atoms with Crippen molar-refractivity contribution in [1.82, 2.24) is 15.5 Å². The lowest BCUT2D eigenvalue weighted by atomic mass is 10.1. The maximum absolute atomic E-state index is 11.5. The van der Waals surface area contributed by atoms with Gasteiger partial charge < -0.3 is 9.84 Å². The number of hydrogen-bond acceptors (Lipinski definition) is 5. The molecule has 2 aromatic heterocycles. The Balaban J connectivity index is 1.89. The summed E-state index contributed by atoms with van der Waals surface area (Å²) < 4.78 is 5.07. The zero-order valence-corrected chi connectivity index (χ0v) is 11.2. The Morgan fingerprint density at radius 1 is 1.56 bits per heavy atom. The Morgan fingerprint density at radius 3 is 3.06 bits per heavy atom. The Hall–Kier alpha value is -1.69. The van der Waals surface area contributed by atoms with Crippen molar-refractivity contribution in [3.8, 4) is 10.7 Å². The average molecular weight is 265 g/mol. The molecule has 0 saturated heterocycles. The van der Waals surface area contributed by atoms with Gasteiger partial charge in [-0.3, -0.25) is 4.79 Å². The van der Waals surface area contributed by atoms with Gasteiger partial charge in [0, 0.05) is 6.42 Å². The maximum atomic E-state index is 11.5. The highest BCUT2D eigenvalue weighted by Gasteiger charge is 2.10. The van der Waals surface area contributed by atoms with E-state index in [0.29, 0.717) is 24.1 Å². The van der Waals surface area contributed by atoms with Crippen LogP contribution < -0.4 is 5.32 Å². The molecule has 5 nitrogen and oxygen atoms in total. The first-order valence-corrected chi connectivity index (χ1v) is 6.66. The number of hydrogen-bond donors (Lipinski definition) is 1. The SMILES string of the molecule is CC(C)CC(=O)NCc1nc(-c2cccs2)no1. The normalized spacial score (nSPS) is 10.8. The van der Waals surface area contributed by atoms with E-state index < -0.39 is 0 Å². The first kappa shape index (κ1) is 12.8. The van der Waals surface area contributed by atoms with Crippen molar-refractivity contribution in [3.63, 3.8) is 0 Å². The van der Waals surface area contributed by atoms with Gasteiger partial charge in [0.05, 0.1) is 11.4 Å². The Kier molecular flexibility index (Phi) is 4.09. The largest absolute Gasteiger partial charge is 0.347 e. The summed E-state index contributed by atoms with van der Waals surface area (Å²) in [6.07, 6.45) is 0.506. The number of carbonyl (C=O) groups excluding carboxylic acids is 1. The van der Waals surface area contributed by atoms with E-state index in [4.69, 9.17) is 4.52 Å². The first-order chi connectivity index (χ1) is 8.65. The summed E-state index contributed by atoms with van der Waals surface area (Å²) >= 11 is 1.55. The van der Waals surface area contributed by atoms with Crippen LogP contribution in [0.1, 0.15) is 26.2 Å². The van der Waals surface area contributed by atoms with Crippen LogP contribution in [0.4, 0.5) is 0 Å². The van der Waals surface area contributed by atoms with E-state index in [-0.39, 0.29) is 12.5 Å². The van der Waals surface area contributed by atoms with Gasteiger partial charge in [-0.15, -0.1) is 11.3 Å². The second-order valence-corrected chi connectivity index (χ2v) is 5.31. The summed E-state index contributed by atoms with van der Waals surface area (Å²) in [5, 5.41) is 8.58. The zero-order valence-electron chi connectivity index (χ0n) is 10.3. The van der Waals surface area contributed by atoms with Crippen molar-refractivity contribution >= 4 is 17.2 Å². The molecule has 0 spiro atoms. The molecule has 0 radical (unpaired) electrons. The van der Waals surface area contributed by atoms with E-state index in [9.17, 15) is 4.79 Å². The Morgan fingerprint density at radius 2 is 2.39 bits per heavy atom. The lowest BCUT2D eigenvalue weighted by Crippen LogP contribution is -2.24. The minimum Gasteiger partial charge on any atom is -0.347 e. The van der Waals surface area contributed by atoms with Crippen LogP contribution >= 0.6 is 11.3 Å². The van der Waals surface area contributed by atoms with E-state index in [2.05, 4.69) is 15.5 Å². The van der Waals surface area contributed by atoms with E-state index in [1.807, 2.05) is 31.4 Å². The van der Waals surface area contributed by atoms with Gasteiger partial charge in [-0.25, -0.2) is 0 Å². The molecule has 0 saturated carbocycles. The molecule has 1 amide bonds. The molecular formula is C12H15N3O2S. The number of carbonyl (C=O) groups is 1. The molecule has 2 rings (SSSR count). The molecule has 0 fully saturated rings. The van der Waals surface area contributed by atoms with Gasteiger partial charge in [-0.2, -0.15) is 4.98 Å². The molecule has 6 heteroatoms. The van der Waals surface area contributed by atoms with Crippen molar-refractivity contribution in [3.05, 3.63) is 23.4 Å². The van der Waals surface area contributed by atoms with Gasteiger partial charge in [-0.05, 0) is 17.4 Å². The minimum atomic E-state index is 0.000809. The van der Waals surface area contributed by atoms with Gasteiger partial charge in [0.15, 0.2) is 0 Å². The third-order valence-electron chi connectivity index (χ3n) is 2.24. The zero-order chi connectivity index (χ0) is 13.0. The highest BCUT2D eigenvalue weighted by atomic mass is 32.1. The molecule has 0 aliphatic heterocycles. The fraction of sp³-hybridized carbons (Fsp3) is 0.417. The van der Waals surface area contributed by atoms with Crippen LogP contribution in [0.3, 0.4) is 0 Å². The van der Waals surface area contributed by atoms with E-state index in [1.54, 1.807) is 11.3 Å². The van der Waals surface area contributed by atoms with Crippen molar-refractivity contribution in [2.45, 2.75) is 26.8 Å². The number of amides is 1. The number of rotatable bonds is 5. The fourth-order valence-electron chi connectivity index (χ4n) is 1.45. The van der Waals surface area contributed by atoms with Crippen LogP contribution in [-0.2, 0) is 11.3 Å². The monoisotopic (exact) mass is 265 g/mol. The van der Waals surface area contributed by atoms with Crippen LogP contribution in [-0.4, -0.2) is 16.0 Å². The topological polar surface area (TPSA) is 68.0 Å². The summed E-state index contributed by atoms with van der Waals surface area (Å²) in [5.74, 6) is 1.34. The maximum Gasteiger partial charge on any atom is 0.246 e. The molecule has 0 aromatic carbocycles. The average Bonchev–Trinajstić information content (AvgIpc) is 2.96. The van der Waals surface area contributed by atoms with Crippen LogP contribution in [0.5, 0.6) is 0 Å². The molecule has 18 heavy (non-hydrogen) atoms. The molecule has 0 aliphatic rings. The van der Waals surface area contributed by atoms with Crippen molar-refractivity contribution < 1.29 is 9.32 Å². The molecule has 0 atom stereocenters. The summed E-state index contributed by atoms with van der Waals surface area (Å²) in [6.45, 7) is 4.28. The van der Waals surface area contributed by atoms with Gasteiger partial charge >= 0.3 is 0 Å². The van der Waals surface area contributed by atoms with Crippen molar-refractivity contribution in [1.29, 1.82) is 0 Å². The standard InChI is InChI=1S/C12H15N3O2S/c1-8(2)6-10(16)13-7-11-14-12(15-17-11)9-4-3-5-18-9/h3-5,8H,6-7H2,1-2H3,(H,13,16). The first-order valence-electron chi connectivity index (χ1n) is 5.78. The Labute approximate surface area is 109 Å². The third kappa shape index (κ3) is 3.40. The summed E-state index contributed by atoms with van der Waals surface area (Å²) in [4.78, 5) is 16.6. The molecule has 2 heterocycles. The number of nitrogens with zero attached hydrogens (tertiary/aromatic N) is 2. The third-order valence-corrected chi connectivity index (χ3v) is 3.11. The van der Waals surface area contributed by atoms with Gasteiger partial charge in [0.2, 0.25) is 17.6 Å². The summed E-state index contributed by atoms with van der Waals surface area (Å²) in [7, 11) is 0. The number of nitrogens with one attached hydrogen (secondary N) is 1. The second-order valence-electron chi connectivity index (χ2n) is 4.36. The van der Waals surface area contributed by atoms with Gasteiger partial charge in [-0.1, -0.05) is 25.1 Å². The van der Waals surface area contributed by atoms with Gasteiger partial charge in [0.1, 0.15) is 0 Å². The van der Waals surface area contributed by atoms with E-state index in [1.165, 1.54) is 0 Å². The van der Waals surface area contributed by atoms with Gasteiger partial charge in [0.25, 0.3) is 0 Å². The predicted molar refractivity (Wildman–Crippen MR) is 68.9 cm³/mol. The fourth-order valence-corrected chi connectivity index (χ4v) is 2.10. The van der Waals surface area contributed by atoms with Crippen molar-refractivity contribution in [2.75, 3.05) is 0 Å².